The molecule has 2 aromatic rings. The third-order valence-corrected chi connectivity index (χ3v) is 5.31. The first-order chi connectivity index (χ1) is 10.1. The summed E-state index contributed by atoms with van der Waals surface area (Å²) in [5.41, 5.74) is 1.68. The molecule has 1 fully saturated rings. The van der Waals surface area contributed by atoms with Crippen LogP contribution in [0.15, 0.2) is 40.2 Å². The predicted octanol–water partition coefficient (Wildman–Crippen LogP) is 4.58. The summed E-state index contributed by atoms with van der Waals surface area (Å²) >= 11 is 5.19. The van der Waals surface area contributed by atoms with E-state index < -0.39 is 0 Å². The lowest BCUT2D eigenvalue weighted by Crippen LogP contribution is -2.25. The number of rotatable bonds is 5. The molecule has 110 valence electrons. The molecule has 1 aliphatic carbocycles. The van der Waals surface area contributed by atoms with Crippen LogP contribution in [0.4, 0.5) is 5.69 Å². The van der Waals surface area contributed by atoms with Gasteiger partial charge in [0.05, 0.1) is 6.04 Å². The Balaban J connectivity index is 1.68. The van der Waals surface area contributed by atoms with Gasteiger partial charge >= 0.3 is 0 Å². The van der Waals surface area contributed by atoms with Gasteiger partial charge < -0.3 is 10.6 Å². The predicted molar refractivity (Wildman–Crippen MR) is 91.0 cm³/mol. The van der Waals surface area contributed by atoms with Crippen molar-refractivity contribution < 1.29 is 4.79 Å². The summed E-state index contributed by atoms with van der Waals surface area (Å²) in [7, 11) is 0. The monoisotopic (exact) mass is 364 g/mol. The molecule has 1 aliphatic rings. The van der Waals surface area contributed by atoms with Crippen molar-refractivity contribution in [3.63, 3.8) is 0 Å². The van der Waals surface area contributed by atoms with Gasteiger partial charge in [0.15, 0.2) is 0 Å². The number of nitrogens with one attached hydrogen (secondary N) is 2. The van der Waals surface area contributed by atoms with Crippen molar-refractivity contribution in [3.8, 4) is 0 Å². The maximum atomic E-state index is 12.1. The van der Waals surface area contributed by atoms with Crippen LogP contribution in [-0.2, 0) is 0 Å². The van der Waals surface area contributed by atoms with Gasteiger partial charge in [-0.25, -0.2) is 0 Å². The average molecular weight is 365 g/mol. The van der Waals surface area contributed by atoms with Gasteiger partial charge in [-0.3, -0.25) is 4.79 Å². The fourth-order valence-corrected chi connectivity index (χ4v) is 3.58. The first-order valence-corrected chi connectivity index (χ1v) is 8.70. The number of hydrogen-bond donors (Lipinski definition) is 2. The fourth-order valence-electron chi connectivity index (χ4n) is 2.12. The van der Waals surface area contributed by atoms with Crippen LogP contribution in [-0.4, -0.2) is 11.9 Å². The van der Waals surface area contributed by atoms with E-state index in [9.17, 15) is 4.79 Å². The van der Waals surface area contributed by atoms with Gasteiger partial charge in [0, 0.05) is 32.0 Å². The van der Waals surface area contributed by atoms with E-state index in [0.29, 0.717) is 11.6 Å². The van der Waals surface area contributed by atoms with Crippen LogP contribution in [0.3, 0.4) is 0 Å². The summed E-state index contributed by atoms with van der Waals surface area (Å²) < 4.78 is 1.11. The first kappa shape index (κ1) is 14.6. The molecular formula is C16H17BrN2OS. The highest BCUT2D eigenvalue weighted by Gasteiger charge is 2.23. The van der Waals surface area contributed by atoms with E-state index >= 15 is 0 Å². The number of carbonyl (C=O) groups is 1. The molecule has 0 spiro atoms. The van der Waals surface area contributed by atoms with Gasteiger partial charge in [0.1, 0.15) is 0 Å². The van der Waals surface area contributed by atoms with E-state index in [0.717, 1.165) is 23.0 Å². The number of halogens is 1. The molecule has 1 amide bonds. The molecule has 0 saturated heterocycles. The van der Waals surface area contributed by atoms with Crippen molar-refractivity contribution in [2.24, 2.45) is 0 Å². The Morgan fingerprint density at radius 2 is 2.19 bits per heavy atom. The molecule has 0 aliphatic heterocycles. The number of hydrogen-bond acceptors (Lipinski definition) is 3. The van der Waals surface area contributed by atoms with Crippen molar-refractivity contribution in [2.45, 2.75) is 31.8 Å². The van der Waals surface area contributed by atoms with Gasteiger partial charge in [0.2, 0.25) is 0 Å². The second-order valence-corrected chi connectivity index (χ2v) is 7.22. The van der Waals surface area contributed by atoms with Crippen LogP contribution in [0.1, 0.15) is 41.0 Å². The number of carbonyl (C=O) groups excluding carboxylic acids is 1. The summed E-state index contributed by atoms with van der Waals surface area (Å²) in [4.78, 5) is 13.3. The number of benzene rings is 1. The topological polar surface area (TPSA) is 41.1 Å². The Labute approximate surface area is 136 Å². The van der Waals surface area contributed by atoms with E-state index in [1.807, 2.05) is 24.3 Å². The molecule has 21 heavy (non-hydrogen) atoms. The lowest BCUT2D eigenvalue weighted by atomic mass is 10.1. The van der Waals surface area contributed by atoms with Crippen LogP contribution in [0.2, 0.25) is 0 Å². The lowest BCUT2D eigenvalue weighted by Gasteiger charge is -2.14. The maximum Gasteiger partial charge on any atom is 0.251 e. The summed E-state index contributed by atoms with van der Waals surface area (Å²) in [6.45, 7) is 2.12. The Bertz CT molecular complexity index is 651. The second kappa shape index (κ2) is 6.20. The summed E-state index contributed by atoms with van der Waals surface area (Å²) in [5.74, 6) is 0.0210. The third-order valence-electron chi connectivity index (χ3n) is 3.44. The molecule has 1 aromatic carbocycles. The molecule has 1 unspecified atom stereocenters. The molecule has 2 N–H and O–H groups in total. The number of amides is 1. The quantitative estimate of drug-likeness (QED) is 0.815. The number of anilines is 1. The fraction of sp³-hybridized carbons (Fsp3) is 0.312. The molecule has 0 radical (unpaired) electrons. The molecule has 1 aromatic heterocycles. The van der Waals surface area contributed by atoms with Crippen molar-refractivity contribution in [1.29, 1.82) is 0 Å². The normalized spacial score (nSPS) is 15.5. The van der Waals surface area contributed by atoms with Gasteiger partial charge in [-0.15, -0.1) is 11.3 Å². The summed E-state index contributed by atoms with van der Waals surface area (Å²) in [6, 6.07) is 10.4. The molecule has 1 heterocycles. The number of thiophene rings is 1. The van der Waals surface area contributed by atoms with Crippen molar-refractivity contribution in [2.75, 3.05) is 5.32 Å². The van der Waals surface area contributed by atoms with Gasteiger partial charge in [-0.2, -0.15) is 0 Å². The molecule has 1 atom stereocenters. The zero-order chi connectivity index (χ0) is 14.8. The van der Waals surface area contributed by atoms with Crippen LogP contribution >= 0.6 is 27.3 Å². The van der Waals surface area contributed by atoms with E-state index in [1.165, 1.54) is 4.88 Å². The van der Waals surface area contributed by atoms with Gasteiger partial charge in [-0.1, -0.05) is 6.07 Å². The van der Waals surface area contributed by atoms with Crippen molar-refractivity contribution >= 4 is 38.9 Å². The van der Waals surface area contributed by atoms with Crippen LogP contribution in [0.25, 0.3) is 0 Å². The molecule has 3 rings (SSSR count). The highest BCUT2D eigenvalue weighted by Crippen LogP contribution is 2.28. The Kier molecular flexibility index (Phi) is 4.31. The third kappa shape index (κ3) is 3.86. The minimum Gasteiger partial charge on any atom is -0.378 e. The SMILES string of the molecule is CC(Nc1cccc(C(=O)NC2CC2)c1)c1cc(Br)cs1. The Morgan fingerprint density at radius 3 is 2.86 bits per heavy atom. The highest BCUT2D eigenvalue weighted by atomic mass is 79.9. The second-order valence-electron chi connectivity index (χ2n) is 5.36. The highest BCUT2D eigenvalue weighted by molar-refractivity contribution is 9.10. The Hall–Kier alpha value is -1.33. The molecule has 0 bridgehead atoms. The van der Waals surface area contributed by atoms with Crippen molar-refractivity contribution in [1.82, 2.24) is 5.32 Å². The summed E-state index contributed by atoms with van der Waals surface area (Å²) in [5, 5.41) is 8.54. The van der Waals surface area contributed by atoms with Crippen LogP contribution in [0.5, 0.6) is 0 Å². The average Bonchev–Trinajstić information content (AvgIpc) is 3.17. The minimum absolute atomic E-state index is 0.0210. The minimum atomic E-state index is 0.0210. The van der Waals surface area contributed by atoms with Crippen LogP contribution in [0, 0.1) is 0 Å². The first-order valence-electron chi connectivity index (χ1n) is 7.03. The zero-order valence-electron chi connectivity index (χ0n) is 11.7. The smallest absolute Gasteiger partial charge is 0.251 e. The Morgan fingerprint density at radius 1 is 1.38 bits per heavy atom. The zero-order valence-corrected chi connectivity index (χ0v) is 14.1. The lowest BCUT2D eigenvalue weighted by molar-refractivity contribution is 0.0951. The van der Waals surface area contributed by atoms with Gasteiger partial charge in [0.25, 0.3) is 5.91 Å². The maximum absolute atomic E-state index is 12.1. The molecule has 3 nitrogen and oxygen atoms in total. The van der Waals surface area contributed by atoms with E-state index in [1.54, 1.807) is 11.3 Å². The van der Waals surface area contributed by atoms with Gasteiger partial charge in [-0.05, 0) is 60.0 Å². The molecule has 5 heteroatoms. The standard InChI is InChI=1S/C16H17BrN2OS/c1-10(15-8-12(17)9-21-15)18-14-4-2-3-11(7-14)16(20)19-13-5-6-13/h2-4,7-10,13,18H,5-6H2,1H3,(H,19,20). The van der Waals surface area contributed by atoms with Crippen LogP contribution < -0.4 is 10.6 Å². The van der Waals surface area contributed by atoms with E-state index in [2.05, 4.69) is 44.9 Å². The van der Waals surface area contributed by atoms with E-state index in [-0.39, 0.29) is 11.9 Å². The van der Waals surface area contributed by atoms with Crippen molar-refractivity contribution in [3.05, 3.63) is 50.6 Å². The summed E-state index contributed by atoms with van der Waals surface area (Å²) in [6.07, 6.45) is 2.21. The molecular weight excluding hydrogens is 348 g/mol. The largest absolute Gasteiger partial charge is 0.378 e. The van der Waals surface area contributed by atoms with E-state index in [4.69, 9.17) is 0 Å². The molecule has 1 saturated carbocycles.